The third kappa shape index (κ3) is 3.19. The number of aromatic amines is 1. The van der Waals surface area contributed by atoms with Crippen LogP contribution in [0.5, 0.6) is 11.5 Å². The fraction of sp³-hybridized carbons (Fsp3) is 0.200. The highest BCUT2D eigenvalue weighted by atomic mass is 16.5. The number of rotatable bonds is 5. The van der Waals surface area contributed by atoms with Crippen LogP contribution in [0.4, 0.5) is 17.3 Å². The second-order valence-electron chi connectivity index (χ2n) is 6.27. The van der Waals surface area contributed by atoms with Crippen LogP contribution in [-0.2, 0) is 4.79 Å². The molecule has 0 saturated carbocycles. The monoisotopic (exact) mass is 364 g/mol. The molecule has 1 aliphatic heterocycles. The first-order valence-electron chi connectivity index (χ1n) is 8.61. The lowest BCUT2D eigenvalue weighted by molar-refractivity contribution is -0.116. The Bertz CT molecular complexity index is 969. The molecule has 2 heterocycles. The van der Waals surface area contributed by atoms with Crippen LogP contribution < -0.4 is 20.1 Å². The van der Waals surface area contributed by atoms with E-state index in [-0.39, 0.29) is 11.8 Å². The van der Waals surface area contributed by atoms with Gasteiger partial charge in [0.25, 0.3) is 0 Å². The molecule has 0 unspecified atom stereocenters. The van der Waals surface area contributed by atoms with Gasteiger partial charge in [0.1, 0.15) is 5.82 Å². The number of H-pyrrole nitrogens is 1. The Hall–Kier alpha value is -3.48. The number of carbonyl (C=O) groups is 1. The van der Waals surface area contributed by atoms with E-state index in [4.69, 9.17) is 9.47 Å². The van der Waals surface area contributed by atoms with Crippen LogP contribution in [0, 0.1) is 0 Å². The minimum absolute atomic E-state index is 0.0694. The van der Waals surface area contributed by atoms with E-state index in [1.54, 1.807) is 14.2 Å². The van der Waals surface area contributed by atoms with Crippen LogP contribution in [0.1, 0.15) is 23.5 Å². The molecular weight excluding hydrogens is 344 g/mol. The molecule has 7 heteroatoms. The average molecular weight is 364 g/mol. The van der Waals surface area contributed by atoms with Gasteiger partial charge in [0.15, 0.2) is 17.3 Å². The molecule has 0 bridgehead atoms. The molecule has 4 rings (SSSR count). The van der Waals surface area contributed by atoms with Gasteiger partial charge < -0.3 is 20.1 Å². The smallest absolute Gasteiger partial charge is 0.226 e. The first-order chi connectivity index (χ1) is 13.2. The highest BCUT2D eigenvalue weighted by molar-refractivity contribution is 5.95. The molecule has 0 saturated heterocycles. The Morgan fingerprint density at radius 3 is 2.59 bits per heavy atom. The van der Waals surface area contributed by atoms with E-state index >= 15 is 0 Å². The molecule has 7 nitrogen and oxygen atoms in total. The highest BCUT2D eigenvalue weighted by Gasteiger charge is 2.32. The number of hydrogen-bond acceptors (Lipinski definition) is 5. The third-order valence-electron chi connectivity index (χ3n) is 4.65. The van der Waals surface area contributed by atoms with Crippen LogP contribution in [0.3, 0.4) is 0 Å². The Kier molecular flexibility index (Phi) is 4.42. The average Bonchev–Trinajstić information content (AvgIpc) is 3.10. The number of fused-ring (bicyclic) bond motifs is 1. The molecule has 1 aromatic heterocycles. The van der Waals surface area contributed by atoms with E-state index in [1.807, 2.05) is 48.5 Å². The van der Waals surface area contributed by atoms with Crippen molar-refractivity contribution in [3.8, 4) is 11.5 Å². The molecule has 0 fully saturated rings. The van der Waals surface area contributed by atoms with Crippen LogP contribution >= 0.6 is 0 Å². The summed E-state index contributed by atoms with van der Waals surface area (Å²) in [5, 5.41) is 13.5. The lowest BCUT2D eigenvalue weighted by Crippen LogP contribution is -2.23. The number of benzene rings is 2. The van der Waals surface area contributed by atoms with Gasteiger partial charge >= 0.3 is 0 Å². The maximum absolute atomic E-state index is 12.2. The molecule has 3 aromatic rings. The van der Waals surface area contributed by atoms with Crippen molar-refractivity contribution in [1.82, 2.24) is 10.2 Å². The number of aromatic nitrogens is 2. The van der Waals surface area contributed by atoms with Crippen molar-refractivity contribution >= 4 is 23.2 Å². The molecule has 27 heavy (non-hydrogen) atoms. The molecule has 3 N–H and O–H groups in total. The summed E-state index contributed by atoms with van der Waals surface area (Å²) in [6.07, 6.45) is 0.325. The molecule has 138 valence electrons. The number of amides is 1. The van der Waals surface area contributed by atoms with Crippen molar-refractivity contribution in [2.24, 2.45) is 0 Å². The summed E-state index contributed by atoms with van der Waals surface area (Å²) in [6.45, 7) is 0. The minimum atomic E-state index is -0.154. The van der Waals surface area contributed by atoms with Crippen molar-refractivity contribution in [3.05, 3.63) is 59.7 Å². The van der Waals surface area contributed by atoms with Crippen molar-refractivity contribution in [2.75, 3.05) is 24.9 Å². The van der Waals surface area contributed by atoms with Gasteiger partial charge in [-0.2, -0.15) is 5.10 Å². The SMILES string of the molecule is COc1ccc([C@H]2CC(=O)Nc3n[nH]c(Nc4ccccc4)c32)cc1OC. The van der Waals surface area contributed by atoms with Gasteiger partial charge in [-0.05, 0) is 29.8 Å². The Balaban J connectivity index is 1.76. The lowest BCUT2D eigenvalue weighted by atomic mass is 9.86. The number of hydrogen-bond donors (Lipinski definition) is 3. The van der Waals surface area contributed by atoms with Gasteiger partial charge in [-0.1, -0.05) is 24.3 Å². The Morgan fingerprint density at radius 1 is 1.07 bits per heavy atom. The van der Waals surface area contributed by atoms with Crippen LogP contribution in [0.2, 0.25) is 0 Å². The number of nitrogens with one attached hydrogen (secondary N) is 3. The second-order valence-corrected chi connectivity index (χ2v) is 6.27. The second kappa shape index (κ2) is 7.03. The minimum Gasteiger partial charge on any atom is -0.493 e. The molecule has 0 spiro atoms. The van der Waals surface area contributed by atoms with E-state index in [0.29, 0.717) is 23.7 Å². The number of carbonyl (C=O) groups excluding carboxylic acids is 1. The van der Waals surface area contributed by atoms with Crippen molar-refractivity contribution in [3.63, 3.8) is 0 Å². The lowest BCUT2D eigenvalue weighted by Gasteiger charge is -2.24. The van der Waals surface area contributed by atoms with Gasteiger partial charge in [0.2, 0.25) is 5.91 Å². The first-order valence-corrected chi connectivity index (χ1v) is 8.61. The maximum Gasteiger partial charge on any atom is 0.226 e. The third-order valence-corrected chi connectivity index (χ3v) is 4.65. The molecular formula is C20H20N4O3. The van der Waals surface area contributed by atoms with Crippen LogP contribution in [0.25, 0.3) is 0 Å². The number of nitrogens with zero attached hydrogens (tertiary/aromatic N) is 1. The number of para-hydroxylation sites is 1. The Labute approximate surface area is 156 Å². The number of methoxy groups -OCH3 is 2. The summed E-state index contributed by atoms with van der Waals surface area (Å²) < 4.78 is 10.7. The maximum atomic E-state index is 12.2. The van der Waals surface area contributed by atoms with E-state index in [1.165, 1.54) is 0 Å². The van der Waals surface area contributed by atoms with Crippen LogP contribution in [-0.4, -0.2) is 30.3 Å². The van der Waals surface area contributed by atoms with Gasteiger partial charge in [-0.25, -0.2) is 0 Å². The van der Waals surface area contributed by atoms with E-state index in [9.17, 15) is 4.79 Å². The van der Waals surface area contributed by atoms with E-state index < -0.39 is 0 Å². The van der Waals surface area contributed by atoms with Crippen LogP contribution in [0.15, 0.2) is 48.5 Å². The summed E-state index contributed by atoms with van der Waals surface area (Å²) in [5.41, 5.74) is 2.82. The normalized spacial score (nSPS) is 15.6. The zero-order valence-corrected chi connectivity index (χ0v) is 15.1. The van der Waals surface area contributed by atoms with E-state index in [2.05, 4.69) is 20.8 Å². The zero-order chi connectivity index (χ0) is 18.8. The van der Waals surface area contributed by atoms with Gasteiger partial charge in [-0.15, -0.1) is 0 Å². The summed E-state index contributed by atoms with van der Waals surface area (Å²) >= 11 is 0. The fourth-order valence-corrected chi connectivity index (χ4v) is 3.37. The standard InChI is InChI=1S/C20H20N4O3/c1-26-15-9-8-12(10-16(15)27-2)14-11-17(25)22-20-18(14)19(23-24-20)21-13-6-4-3-5-7-13/h3-10,14H,11H2,1-2H3,(H3,21,22,23,24,25)/t14-/m1/s1. The van der Waals surface area contributed by atoms with Gasteiger partial charge in [0, 0.05) is 23.6 Å². The highest BCUT2D eigenvalue weighted by Crippen LogP contribution is 2.43. The molecule has 0 radical (unpaired) electrons. The first kappa shape index (κ1) is 17.0. The van der Waals surface area contributed by atoms with Gasteiger partial charge in [-0.3, -0.25) is 9.89 Å². The fourth-order valence-electron chi connectivity index (χ4n) is 3.37. The quantitative estimate of drug-likeness (QED) is 0.643. The van der Waals surface area contributed by atoms with E-state index in [0.717, 1.165) is 22.6 Å². The molecule has 1 aliphatic rings. The number of ether oxygens (including phenoxy) is 2. The molecule has 1 atom stereocenters. The Morgan fingerprint density at radius 2 is 1.85 bits per heavy atom. The van der Waals surface area contributed by atoms with Crippen molar-refractivity contribution in [2.45, 2.75) is 12.3 Å². The predicted octanol–water partition coefficient (Wildman–Crippen LogP) is 3.64. The zero-order valence-electron chi connectivity index (χ0n) is 15.1. The summed E-state index contributed by atoms with van der Waals surface area (Å²) in [6, 6.07) is 15.5. The molecule has 0 aliphatic carbocycles. The summed E-state index contributed by atoms with van der Waals surface area (Å²) in [5.74, 6) is 2.36. The van der Waals surface area contributed by atoms with Crippen molar-refractivity contribution in [1.29, 1.82) is 0 Å². The van der Waals surface area contributed by atoms with Crippen molar-refractivity contribution < 1.29 is 14.3 Å². The summed E-state index contributed by atoms with van der Waals surface area (Å²) in [4.78, 5) is 12.2. The summed E-state index contributed by atoms with van der Waals surface area (Å²) in [7, 11) is 3.20. The van der Waals surface area contributed by atoms with Gasteiger partial charge in [0.05, 0.1) is 14.2 Å². The topological polar surface area (TPSA) is 88.3 Å². The predicted molar refractivity (Wildman–Crippen MR) is 103 cm³/mol. The molecule has 1 amide bonds. The molecule has 2 aromatic carbocycles. The largest absolute Gasteiger partial charge is 0.493 e. The number of anilines is 3.